The molecule has 8 nitrogen and oxygen atoms in total. The lowest BCUT2D eigenvalue weighted by Gasteiger charge is -2.14. The zero-order chi connectivity index (χ0) is 23.2. The summed E-state index contributed by atoms with van der Waals surface area (Å²) in [5, 5.41) is 11.7. The molecule has 34 heavy (non-hydrogen) atoms. The molecule has 1 saturated heterocycles. The Morgan fingerprint density at radius 1 is 1.26 bits per heavy atom. The summed E-state index contributed by atoms with van der Waals surface area (Å²) in [6.45, 7) is 5.48. The predicted octanol–water partition coefficient (Wildman–Crippen LogP) is 4.81. The van der Waals surface area contributed by atoms with Crippen LogP contribution in [0.25, 0.3) is 32.5 Å². The third-order valence-electron chi connectivity index (χ3n) is 6.38. The standard InChI is InChI=1S/C24H24N6O2S2/c1-13-14(2)34-23-20(13)22(31)26-19(27-23)12-33-24-29-28-21(30(24)11-15-6-5-9-32-15)17-10-25-18-8-4-3-7-16(17)18/h3-4,7-8,10,15,25H,5-6,9,11-12H2,1-2H3,(H,26,27,31). The first kappa shape index (κ1) is 21.6. The largest absolute Gasteiger partial charge is 0.376 e. The van der Waals surface area contributed by atoms with E-state index in [2.05, 4.69) is 36.9 Å². The maximum absolute atomic E-state index is 12.7. The Morgan fingerprint density at radius 3 is 3.00 bits per heavy atom. The Kier molecular flexibility index (Phi) is 5.51. The normalized spacial score (nSPS) is 16.2. The van der Waals surface area contributed by atoms with Crippen molar-refractivity contribution in [3.8, 4) is 11.4 Å². The lowest BCUT2D eigenvalue weighted by molar-refractivity contribution is 0.0953. The summed E-state index contributed by atoms with van der Waals surface area (Å²) in [7, 11) is 0. The topological polar surface area (TPSA) is 101 Å². The van der Waals surface area contributed by atoms with E-state index < -0.39 is 0 Å². The van der Waals surface area contributed by atoms with Crippen molar-refractivity contribution in [2.75, 3.05) is 6.61 Å². The van der Waals surface area contributed by atoms with Crippen molar-refractivity contribution in [2.45, 2.75) is 50.2 Å². The molecule has 0 bridgehead atoms. The van der Waals surface area contributed by atoms with E-state index in [0.717, 1.165) is 62.2 Å². The third kappa shape index (κ3) is 3.75. The lowest BCUT2D eigenvalue weighted by atomic mass is 10.1. The van der Waals surface area contributed by atoms with E-state index in [0.29, 0.717) is 23.5 Å². The van der Waals surface area contributed by atoms with E-state index in [1.54, 1.807) is 11.3 Å². The summed E-state index contributed by atoms with van der Waals surface area (Å²) in [4.78, 5) is 25.6. The van der Waals surface area contributed by atoms with Crippen LogP contribution in [0.15, 0.2) is 40.4 Å². The molecule has 0 amide bonds. The van der Waals surface area contributed by atoms with Crippen molar-refractivity contribution in [1.29, 1.82) is 0 Å². The van der Waals surface area contributed by atoms with Gasteiger partial charge in [0.2, 0.25) is 0 Å². The number of fused-ring (bicyclic) bond motifs is 2. The van der Waals surface area contributed by atoms with Crippen LogP contribution in [0.3, 0.4) is 0 Å². The highest BCUT2D eigenvalue weighted by molar-refractivity contribution is 7.98. The molecule has 1 unspecified atom stereocenters. The van der Waals surface area contributed by atoms with Crippen LogP contribution >= 0.6 is 23.1 Å². The molecule has 6 rings (SSSR count). The number of benzene rings is 1. The average molecular weight is 493 g/mol. The number of aromatic amines is 2. The maximum atomic E-state index is 12.7. The van der Waals surface area contributed by atoms with Crippen molar-refractivity contribution >= 4 is 44.2 Å². The molecule has 1 atom stereocenters. The molecule has 5 aromatic rings. The Morgan fingerprint density at radius 2 is 2.15 bits per heavy atom. The van der Waals surface area contributed by atoms with Crippen molar-refractivity contribution in [3.63, 3.8) is 0 Å². The third-order valence-corrected chi connectivity index (χ3v) is 8.46. The minimum absolute atomic E-state index is 0.0808. The smallest absolute Gasteiger partial charge is 0.259 e. The molecule has 0 spiro atoms. The van der Waals surface area contributed by atoms with Gasteiger partial charge >= 0.3 is 0 Å². The summed E-state index contributed by atoms with van der Waals surface area (Å²) >= 11 is 3.09. The Bertz CT molecular complexity index is 1560. The molecule has 0 radical (unpaired) electrons. The maximum Gasteiger partial charge on any atom is 0.259 e. The molecule has 0 saturated carbocycles. The SMILES string of the molecule is Cc1sc2nc(CSc3nnc(-c4c[nH]c5ccccc45)n3CC3CCCO3)[nH]c(=O)c2c1C. The van der Waals surface area contributed by atoms with Crippen LogP contribution < -0.4 is 5.56 Å². The van der Waals surface area contributed by atoms with Gasteiger partial charge in [0.05, 0.1) is 23.8 Å². The zero-order valence-corrected chi connectivity index (χ0v) is 20.6. The predicted molar refractivity (Wildman–Crippen MR) is 136 cm³/mol. The molecular formula is C24H24N6O2S2. The number of para-hydroxylation sites is 1. The van der Waals surface area contributed by atoms with Gasteiger partial charge in [-0.05, 0) is 38.3 Å². The van der Waals surface area contributed by atoms with E-state index in [-0.39, 0.29) is 11.7 Å². The van der Waals surface area contributed by atoms with E-state index in [1.165, 1.54) is 11.8 Å². The van der Waals surface area contributed by atoms with Crippen LogP contribution in [-0.4, -0.2) is 42.4 Å². The molecule has 4 aromatic heterocycles. The molecule has 2 N–H and O–H groups in total. The number of hydrogen-bond acceptors (Lipinski definition) is 7. The number of hydrogen-bond donors (Lipinski definition) is 2. The summed E-state index contributed by atoms with van der Waals surface area (Å²) in [6, 6.07) is 8.19. The van der Waals surface area contributed by atoms with Crippen molar-refractivity contribution < 1.29 is 4.74 Å². The summed E-state index contributed by atoms with van der Waals surface area (Å²) in [5.74, 6) is 1.96. The van der Waals surface area contributed by atoms with Crippen LogP contribution in [0.2, 0.25) is 0 Å². The second-order valence-corrected chi connectivity index (χ2v) is 10.7. The Hall–Kier alpha value is -2.95. The number of ether oxygens (including phenoxy) is 1. The molecule has 5 heterocycles. The number of thiophene rings is 1. The van der Waals surface area contributed by atoms with E-state index in [4.69, 9.17) is 9.72 Å². The van der Waals surface area contributed by atoms with Gasteiger partial charge in [-0.2, -0.15) is 0 Å². The number of aryl methyl sites for hydroxylation is 2. The monoisotopic (exact) mass is 492 g/mol. The fourth-order valence-electron chi connectivity index (χ4n) is 4.51. The average Bonchev–Trinajstić information content (AvgIpc) is 3.61. The Balaban J connectivity index is 1.35. The highest BCUT2D eigenvalue weighted by Gasteiger charge is 2.23. The number of aromatic nitrogens is 6. The second-order valence-electron chi connectivity index (χ2n) is 8.56. The second kappa shape index (κ2) is 8.68. The minimum Gasteiger partial charge on any atom is -0.376 e. The zero-order valence-electron chi connectivity index (χ0n) is 18.9. The van der Waals surface area contributed by atoms with Gasteiger partial charge in [-0.25, -0.2) is 4.98 Å². The van der Waals surface area contributed by atoms with Gasteiger partial charge in [-0.3, -0.25) is 9.36 Å². The van der Waals surface area contributed by atoms with Gasteiger partial charge in [0.1, 0.15) is 10.7 Å². The van der Waals surface area contributed by atoms with Gasteiger partial charge in [0, 0.05) is 34.1 Å². The molecule has 1 aliphatic heterocycles. The number of nitrogens with one attached hydrogen (secondary N) is 2. The van der Waals surface area contributed by atoms with Crippen molar-refractivity contribution in [3.05, 3.63) is 57.1 Å². The number of thioether (sulfide) groups is 1. The van der Waals surface area contributed by atoms with E-state index in [1.807, 2.05) is 32.2 Å². The molecule has 1 aromatic carbocycles. The Labute approximate surface area is 203 Å². The number of nitrogens with zero attached hydrogens (tertiary/aromatic N) is 4. The van der Waals surface area contributed by atoms with Gasteiger partial charge < -0.3 is 14.7 Å². The molecule has 174 valence electrons. The van der Waals surface area contributed by atoms with Crippen LogP contribution in [-0.2, 0) is 17.0 Å². The first-order valence-corrected chi connectivity index (χ1v) is 13.1. The van der Waals surface area contributed by atoms with Crippen LogP contribution in [0, 0.1) is 13.8 Å². The van der Waals surface area contributed by atoms with Crippen LogP contribution in [0.5, 0.6) is 0 Å². The molecular weight excluding hydrogens is 468 g/mol. The lowest BCUT2D eigenvalue weighted by Crippen LogP contribution is -2.17. The highest BCUT2D eigenvalue weighted by Crippen LogP contribution is 2.32. The van der Waals surface area contributed by atoms with Crippen LogP contribution in [0.4, 0.5) is 0 Å². The summed E-state index contributed by atoms with van der Waals surface area (Å²) in [5.41, 5.74) is 3.01. The number of rotatable bonds is 6. The first-order valence-electron chi connectivity index (χ1n) is 11.3. The highest BCUT2D eigenvalue weighted by atomic mass is 32.2. The van der Waals surface area contributed by atoms with Gasteiger partial charge in [-0.1, -0.05) is 30.0 Å². The summed E-state index contributed by atoms with van der Waals surface area (Å²) in [6.07, 6.45) is 4.23. The van der Waals surface area contributed by atoms with Gasteiger partial charge in [0.25, 0.3) is 5.56 Å². The van der Waals surface area contributed by atoms with Gasteiger partial charge in [-0.15, -0.1) is 21.5 Å². The van der Waals surface area contributed by atoms with E-state index >= 15 is 0 Å². The minimum atomic E-state index is -0.0808. The van der Waals surface area contributed by atoms with E-state index in [9.17, 15) is 4.79 Å². The molecule has 1 fully saturated rings. The fourth-order valence-corrected chi connectivity index (χ4v) is 6.38. The first-order chi connectivity index (χ1) is 16.6. The molecule has 1 aliphatic rings. The summed E-state index contributed by atoms with van der Waals surface area (Å²) < 4.78 is 8.07. The van der Waals surface area contributed by atoms with Gasteiger partial charge in [0.15, 0.2) is 11.0 Å². The molecule has 10 heteroatoms. The van der Waals surface area contributed by atoms with Crippen LogP contribution in [0.1, 0.15) is 29.1 Å². The van der Waals surface area contributed by atoms with Crippen molar-refractivity contribution in [2.24, 2.45) is 0 Å². The molecule has 0 aliphatic carbocycles. The fraction of sp³-hybridized carbons (Fsp3) is 0.333. The van der Waals surface area contributed by atoms with Crippen molar-refractivity contribution in [1.82, 2.24) is 29.7 Å². The number of H-pyrrole nitrogens is 2. The quantitative estimate of drug-likeness (QED) is 0.330.